The first kappa shape index (κ1) is 9.56. The zero-order valence-electron chi connectivity index (χ0n) is 8.84. The van der Waals surface area contributed by atoms with E-state index in [0.717, 1.165) is 25.0 Å². The van der Waals surface area contributed by atoms with Crippen molar-refractivity contribution in [1.82, 2.24) is 0 Å². The Morgan fingerprint density at radius 3 is 2.43 bits per heavy atom. The van der Waals surface area contributed by atoms with Gasteiger partial charge in [0.2, 0.25) is 0 Å². The molecule has 0 aromatic rings. The van der Waals surface area contributed by atoms with Gasteiger partial charge < -0.3 is 0 Å². The van der Waals surface area contributed by atoms with E-state index in [4.69, 9.17) is 0 Å². The van der Waals surface area contributed by atoms with Crippen molar-refractivity contribution in [3.05, 3.63) is 0 Å². The summed E-state index contributed by atoms with van der Waals surface area (Å²) in [6.07, 6.45) is 4.75. The zero-order valence-corrected chi connectivity index (χ0v) is 8.84. The van der Waals surface area contributed by atoms with E-state index in [0.29, 0.717) is 6.42 Å². The van der Waals surface area contributed by atoms with Crippen LogP contribution in [-0.4, -0.2) is 22.9 Å². The summed E-state index contributed by atoms with van der Waals surface area (Å²) in [6.45, 7) is 3.78. The maximum absolute atomic E-state index is 10.8. The number of hydrogen-bond donors (Lipinski definition) is 0. The molecule has 1 atom stereocenters. The van der Waals surface area contributed by atoms with Crippen molar-refractivity contribution in [2.24, 2.45) is 9.98 Å². The van der Waals surface area contributed by atoms with Gasteiger partial charge in [0.25, 0.3) is 0 Å². The molecule has 2 heterocycles. The van der Waals surface area contributed by atoms with E-state index in [1.54, 1.807) is 6.92 Å². The fourth-order valence-corrected chi connectivity index (χ4v) is 2.21. The number of carbonyl (C=O) groups is 1. The first-order chi connectivity index (χ1) is 6.63. The topological polar surface area (TPSA) is 41.8 Å². The highest BCUT2D eigenvalue weighted by Gasteiger charge is 2.45. The second-order valence-corrected chi connectivity index (χ2v) is 4.32. The summed E-state index contributed by atoms with van der Waals surface area (Å²) in [5.74, 6) is 0.204. The minimum Gasteiger partial charge on any atom is -0.300 e. The molecule has 2 rings (SSSR count). The van der Waals surface area contributed by atoms with Crippen LogP contribution >= 0.6 is 0 Å². The molecule has 2 aliphatic heterocycles. The van der Waals surface area contributed by atoms with Crippen molar-refractivity contribution in [3.63, 3.8) is 0 Å². The lowest BCUT2D eigenvalue weighted by molar-refractivity contribution is -0.115. The van der Waals surface area contributed by atoms with Gasteiger partial charge in [0, 0.05) is 30.7 Å². The summed E-state index contributed by atoms with van der Waals surface area (Å²) in [7, 11) is 0. The Morgan fingerprint density at radius 1 is 1.36 bits per heavy atom. The van der Waals surface area contributed by atoms with Crippen molar-refractivity contribution >= 4 is 17.2 Å². The van der Waals surface area contributed by atoms with Gasteiger partial charge in [-0.2, -0.15) is 0 Å². The molecule has 0 radical (unpaired) electrons. The molecular weight excluding hydrogens is 176 g/mol. The monoisotopic (exact) mass is 192 g/mol. The fourth-order valence-electron chi connectivity index (χ4n) is 2.21. The predicted molar refractivity (Wildman–Crippen MR) is 57.0 cm³/mol. The molecule has 0 saturated heterocycles. The lowest BCUT2D eigenvalue weighted by Gasteiger charge is -2.42. The molecule has 14 heavy (non-hydrogen) atoms. The van der Waals surface area contributed by atoms with Crippen molar-refractivity contribution in [3.8, 4) is 0 Å². The van der Waals surface area contributed by atoms with Crippen LogP contribution in [0.5, 0.6) is 0 Å². The van der Waals surface area contributed by atoms with Gasteiger partial charge in [-0.15, -0.1) is 0 Å². The summed E-state index contributed by atoms with van der Waals surface area (Å²) in [5.41, 5.74) is 2.24. The van der Waals surface area contributed by atoms with E-state index in [1.807, 2.05) is 0 Å². The molecule has 0 amide bonds. The molecule has 0 bridgehead atoms. The number of aliphatic imine (C=N–C) groups is 2. The third-order valence-electron chi connectivity index (χ3n) is 2.70. The van der Waals surface area contributed by atoms with Gasteiger partial charge in [-0.1, -0.05) is 13.3 Å². The molecule has 3 nitrogen and oxygen atoms in total. The van der Waals surface area contributed by atoms with Gasteiger partial charge in [0.15, 0.2) is 5.66 Å². The summed E-state index contributed by atoms with van der Waals surface area (Å²) in [4.78, 5) is 19.8. The molecule has 3 heteroatoms. The van der Waals surface area contributed by atoms with Crippen LogP contribution in [0.15, 0.2) is 9.98 Å². The van der Waals surface area contributed by atoms with Crippen molar-refractivity contribution in [2.75, 3.05) is 0 Å². The Hall–Kier alpha value is -0.990. The Balaban J connectivity index is 1.89. The Labute approximate surface area is 84.3 Å². The third kappa shape index (κ3) is 1.63. The maximum Gasteiger partial charge on any atom is 0.160 e. The first-order valence-corrected chi connectivity index (χ1v) is 5.28. The van der Waals surface area contributed by atoms with Gasteiger partial charge in [0.05, 0.1) is 0 Å². The van der Waals surface area contributed by atoms with Crippen LogP contribution in [0, 0.1) is 0 Å². The van der Waals surface area contributed by atoms with E-state index in [2.05, 4.69) is 16.9 Å². The number of ketones is 1. The smallest absolute Gasteiger partial charge is 0.160 e. The molecule has 0 saturated carbocycles. The van der Waals surface area contributed by atoms with Gasteiger partial charge in [-0.05, 0) is 13.3 Å². The second-order valence-electron chi connectivity index (χ2n) is 4.32. The van der Waals surface area contributed by atoms with E-state index < -0.39 is 0 Å². The Bertz CT molecular complexity index is 330. The number of carbonyl (C=O) groups excluding carboxylic acids is 1. The van der Waals surface area contributed by atoms with Crippen LogP contribution in [0.3, 0.4) is 0 Å². The van der Waals surface area contributed by atoms with Crippen LogP contribution < -0.4 is 0 Å². The van der Waals surface area contributed by atoms with Crippen LogP contribution in [0.4, 0.5) is 0 Å². The maximum atomic E-state index is 10.8. The summed E-state index contributed by atoms with van der Waals surface area (Å²) >= 11 is 0. The average molecular weight is 192 g/mol. The SMILES string of the molecule is CCCC1=NC2(C1)CC(CC(C)=O)=N2. The molecule has 0 aromatic carbocycles. The Kier molecular flexibility index (Phi) is 2.25. The first-order valence-electron chi connectivity index (χ1n) is 5.28. The largest absolute Gasteiger partial charge is 0.300 e. The van der Waals surface area contributed by atoms with E-state index in [-0.39, 0.29) is 11.4 Å². The molecule has 0 aromatic heterocycles. The zero-order chi connectivity index (χ0) is 10.2. The average Bonchev–Trinajstić information content (AvgIpc) is 1.95. The van der Waals surface area contributed by atoms with E-state index >= 15 is 0 Å². The number of hydrogen-bond acceptors (Lipinski definition) is 3. The van der Waals surface area contributed by atoms with Gasteiger partial charge >= 0.3 is 0 Å². The molecule has 0 N–H and O–H groups in total. The Morgan fingerprint density at radius 2 is 1.93 bits per heavy atom. The highest BCUT2D eigenvalue weighted by molar-refractivity contribution is 6.06. The quantitative estimate of drug-likeness (QED) is 0.673. The van der Waals surface area contributed by atoms with E-state index in [9.17, 15) is 4.79 Å². The van der Waals surface area contributed by atoms with Crippen LogP contribution in [0.1, 0.15) is 46.0 Å². The molecule has 76 valence electrons. The van der Waals surface area contributed by atoms with E-state index in [1.165, 1.54) is 12.1 Å². The molecule has 1 unspecified atom stereocenters. The standard InChI is InChI=1S/C11H16N2O/c1-3-4-9-6-11(12-9)7-10(13-11)5-8(2)14/h3-7H2,1-2H3. The molecule has 0 aliphatic carbocycles. The summed E-state index contributed by atoms with van der Waals surface area (Å²) in [5, 5.41) is 0. The summed E-state index contributed by atoms with van der Waals surface area (Å²) in [6, 6.07) is 0. The van der Waals surface area contributed by atoms with Gasteiger partial charge in [-0.25, -0.2) is 0 Å². The third-order valence-corrected chi connectivity index (χ3v) is 2.70. The van der Waals surface area contributed by atoms with Crippen LogP contribution in [0.2, 0.25) is 0 Å². The minimum atomic E-state index is -0.102. The minimum absolute atomic E-state index is 0.102. The van der Waals surface area contributed by atoms with Crippen molar-refractivity contribution in [2.45, 2.75) is 51.6 Å². The van der Waals surface area contributed by atoms with Crippen molar-refractivity contribution in [1.29, 1.82) is 0 Å². The lowest BCUT2D eigenvalue weighted by atomic mass is 9.82. The molecule has 1 spiro atoms. The second kappa shape index (κ2) is 3.30. The van der Waals surface area contributed by atoms with Gasteiger partial charge in [-0.3, -0.25) is 14.8 Å². The number of nitrogens with zero attached hydrogens (tertiary/aromatic N) is 2. The van der Waals surface area contributed by atoms with Gasteiger partial charge in [0.1, 0.15) is 5.78 Å². The van der Waals surface area contributed by atoms with Crippen molar-refractivity contribution < 1.29 is 4.79 Å². The predicted octanol–water partition coefficient (Wildman–Crippen LogP) is 2.15. The molecule has 2 aliphatic rings. The summed E-state index contributed by atoms with van der Waals surface area (Å²) < 4.78 is 0. The highest BCUT2D eigenvalue weighted by atomic mass is 16.1. The normalized spacial score (nSPS) is 29.0. The molecule has 0 fully saturated rings. The number of rotatable bonds is 4. The van der Waals surface area contributed by atoms with Crippen LogP contribution in [-0.2, 0) is 4.79 Å². The number of Topliss-reactive ketones (excluding diaryl/α,β-unsaturated/α-hetero) is 1. The van der Waals surface area contributed by atoms with Crippen LogP contribution in [0.25, 0.3) is 0 Å². The fraction of sp³-hybridized carbons (Fsp3) is 0.727. The highest BCUT2D eigenvalue weighted by Crippen LogP contribution is 2.40. The lowest BCUT2D eigenvalue weighted by Crippen LogP contribution is -2.47. The molecular formula is C11H16N2O.